The molecule has 1 aliphatic carbocycles. The zero-order valence-corrected chi connectivity index (χ0v) is 15.4. The summed E-state index contributed by atoms with van der Waals surface area (Å²) in [4.78, 5) is 35.1. The molecular formula is C19H22O8. The summed E-state index contributed by atoms with van der Waals surface area (Å²) in [6.07, 6.45) is -2.09. The lowest BCUT2D eigenvalue weighted by molar-refractivity contribution is -0.182. The minimum absolute atomic E-state index is 0.0920. The molecule has 1 aromatic carbocycles. The molecule has 146 valence electrons. The van der Waals surface area contributed by atoms with Gasteiger partial charge in [0.25, 0.3) is 0 Å². The van der Waals surface area contributed by atoms with Crippen LogP contribution in [0.3, 0.4) is 0 Å². The second-order valence-corrected chi connectivity index (χ2v) is 6.65. The molecule has 1 saturated carbocycles. The van der Waals surface area contributed by atoms with Crippen molar-refractivity contribution < 1.29 is 38.1 Å². The maximum Gasteiger partial charge on any atom is 0.338 e. The summed E-state index contributed by atoms with van der Waals surface area (Å²) in [7, 11) is 1.41. The zero-order valence-electron chi connectivity index (χ0n) is 15.4. The molecule has 2 aliphatic rings. The maximum absolute atomic E-state index is 12.1. The van der Waals surface area contributed by atoms with E-state index in [1.54, 1.807) is 24.3 Å². The average Bonchev–Trinajstić information content (AvgIpc) is 3.27. The SMILES string of the molecule is COC1O[C@@]2(C[C@H]2COC(=O)c2ccccc2)C(OC(C)=O)[C@@H]1OC(C)=O. The molecule has 1 saturated heterocycles. The standard InChI is InChI=1S/C19H22O8/c1-11(20)25-15-16(26-12(2)21)19(27-18(15)23-3)9-14(19)10-24-17(22)13-7-5-4-6-8-13/h4-8,14-16,18H,9-10H2,1-3H3/t14-,15-,16?,18?,19+/m0/s1. The first-order valence-corrected chi connectivity index (χ1v) is 8.64. The van der Waals surface area contributed by atoms with Gasteiger partial charge in [-0.25, -0.2) is 4.79 Å². The van der Waals surface area contributed by atoms with Gasteiger partial charge in [-0.1, -0.05) is 18.2 Å². The Morgan fingerprint density at radius 3 is 2.37 bits per heavy atom. The van der Waals surface area contributed by atoms with E-state index in [2.05, 4.69) is 0 Å². The first kappa shape index (κ1) is 19.3. The molecule has 1 aromatic rings. The van der Waals surface area contributed by atoms with Gasteiger partial charge in [0.1, 0.15) is 5.60 Å². The summed E-state index contributed by atoms with van der Waals surface area (Å²) in [6, 6.07) is 8.63. The Morgan fingerprint density at radius 1 is 1.11 bits per heavy atom. The molecule has 1 heterocycles. The van der Waals surface area contributed by atoms with E-state index in [0.29, 0.717) is 12.0 Å². The summed E-state index contributed by atoms with van der Waals surface area (Å²) in [6.45, 7) is 2.62. The van der Waals surface area contributed by atoms with Gasteiger partial charge in [-0.3, -0.25) is 9.59 Å². The van der Waals surface area contributed by atoms with Crippen molar-refractivity contribution in [2.24, 2.45) is 5.92 Å². The van der Waals surface area contributed by atoms with Crippen molar-refractivity contribution in [1.29, 1.82) is 0 Å². The number of rotatable bonds is 6. The molecule has 0 bridgehead atoms. The van der Waals surface area contributed by atoms with E-state index in [1.165, 1.54) is 21.0 Å². The van der Waals surface area contributed by atoms with Gasteiger partial charge < -0.3 is 23.7 Å². The van der Waals surface area contributed by atoms with Gasteiger partial charge in [-0.15, -0.1) is 0 Å². The Labute approximate surface area is 156 Å². The van der Waals surface area contributed by atoms with Gasteiger partial charge >= 0.3 is 17.9 Å². The predicted molar refractivity (Wildman–Crippen MR) is 90.6 cm³/mol. The van der Waals surface area contributed by atoms with Gasteiger partial charge in [-0.2, -0.15) is 0 Å². The van der Waals surface area contributed by atoms with Crippen LogP contribution in [0.15, 0.2) is 30.3 Å². The van der Waals surface area contributed by atoms with E-state index in [9.17, 15) is 14.4 Å². The highest BCUT2D eigenvalue weighted by atomic mass is 16.7. The van der Waals surface area contributed by atoms with Crippen LogP contribution in [0.2, 0.25) is 0 Å². The van der Waals surface area contributed by atoms with E-state index in [-0.39, 0.29) is 12.5 Å². The average molecular weight is 378 g/mol. The number of carbonyl (C=O) groups excluding carboxylic acids is 3. The highest BCUT2D eigenvalue weighted by Gasteiger charge is 2.72. The molecule has 1 aliphatic heterocycles. The minimum atomic E-state index is -0.899. The predicted octanol–water partition coefficient (Wildman–Crippen LogP) is 1.47. The third kappa shape index (κ3) is 3.96. The van der Waals surface area contributed by atoms with Crippen LogP contribution in [0.4, 0.5) is 0 Å². The normalized spacial score (nSPS) is 31.4. The lowest BCUT2D eigenvalue weighted by atomic mass is 10.1. The molecule has 5 atom stereocenters. The molecule has 8 heteroatoms. The molecule has 2 fully saturated rings. The fourth-order valence-corrected chi connectivity index (χ4v) is 3.46. The van der Waals surface area contributed by atoms with Gasteiger partial charge in [0.15, 0.2) is 18.5 Å². The molecule has 27 heavy (non-hydrogen) atoms. The van der Waals surface area contributed by atoms with Crippen LogP contribution in [-0.2, 0) is 33.3 Å². The van der Waals surface area contributed by atoms with Crippen LogP contribution < -0.4 is 0 Å². The first-order valence-electron chi connectivity index (χ1n) is 8.64. The Kier molecular flexibility index (Phi) is 5.48. The Morgan fingerprint density at radius 2 is 1.78 bits per heavy atom. The number of hydrogen-bond donors (Lipinski definition) is 0. The fraction of sp³-hybridized carbons (Fsp3) is 0.526. The highest BCUT2D eigenvalue weighted by Crippen LogP contribution is 2.57. The molecule has 3 rings (SSSR count). The topological polar surface area (TPSA) is 97.4 Å². The van der Waals surface area contributed by atoms with E-state index < -0.39 is 42.0 Å². The van der Waals surface area contributed by atoms with Crippen molar-refractivity contribution in [2.75, 3.05) is 13.7 Å². The van der Waals surface area contributed by atoms with Crippen LogP contribution in [0, 0.1) is 5.92 Å². The third-order valence-electron chi connectivity index (χ3n) is 4.73. The molecular weight excluding hydrogens is 356 g/mol. The summed E-state index contributed by atoms with van der Waals surface area (Å²) in [5.74, 6) is -1.71. The summed E-state index contributed by atoms with van der Waals surface area (Å²) in [5.41, 5.74) is -0.452. The number of benzene rings is 1. The van der Waals surface area contributed by atoms with Crippen molar-refractivity contribution in [1.82, 2.24) is 0 Å². The fourth-order valence-electron chi connectivity index (χ4n) is 3.46. The smallest absolute Gasteiger partial charge is 0.338 e. The number of ether oxygens (including phenoxy) is 5. The van der Waals surface area contributed by atoms with Crippen molar-refractivity contribution in [3.8, 4) is 0 Å². The summed E-state index contributed by atoms with van der Waals surface area (Å²) in [5, 5.41) is 0. The molecule has 0 radical (unpaired) electrons. The van der Waals surface area contributed by atoms with Gasteiger partial charge in [0, 0.05) is 26.9 Å². The summed E-state index contributed by atoms with van der Waals surface area (Å²) >= 11 is 0. The lowest BCUT2D eigenvalue weighted by Gasteiger charge is -2.23. The minimum Gasteiger partial charge on any atom is -0.462 e. The lowest BCUT2D eigenvalue weighted by Crippen LogP contribution is -2.42. The van der Waals surface area contributed by atoms with Crippen molar-refractivity contribution >= 4 is 17.9 Å². The highest BCUT2D eigenvalue weighted by molar-refractivity contribution is 5.89. The molecule has 0 aromatic heterocycles. The number of esters is 3. The number of methoxy groups -OCH3 is 1. The first-order chi connectivity index (χ1) is 12.9. The summed E-state index contributed by atoms with van der Waals surface area (Å²) < 4.78 is 27.2. The van der Waals surface area contributed by atoms with Crippen LogP contribution in [0.5, 0.6) is 0 Å². The van der Waals surface area contributed by atoms with E-state index in [0.717, 1.165) is 0 Å². The monoisotopic (exact) mass is 378 g/mol. The van der Waals surface area contributed by atoms with Crippen molar-refractivity contribution in [3.05, 3.63) is 35.9 Å². The van der Waals surface area contributed by atoms with Gasteiger partial charge in [0.2, 0.25) is 0 Å². The van der Waals surface area contributed by atoms with Gasteiger partial charge in [-0.05, 0) is 18.6 Å². The molecule has 8 nitrogen and oxygen atoms in total. The zero-order chi connectivity index (χ0) is 19.6. The number of carbonyl (C=O) groups is 3. The molecule has 2 unspecified atom stereocenters. The van der Waals surface area contributed by atoms with Crippen LogP contribution in [0.25, 0.3) is 0 Å². The second-order valence-electron chi connectivity index (χ2n) is 6.65. The van der Waals surface area contributed by atoms with Crippen LogP contribution in [0.1, 0.15) is 30.6 Å². The molecule has 1 spiro atoms. The second kappa shape index (κ2) is 7.66. The Bertz CT molecular complexity index is 718. The van der Waals surface area contributed by atoms with E-state index in [1.807, 2.05) is 6.07 Å². The Balaban J connectivity index is 1.69. The van der Waals surface area contributed by atoms with Crippen LogP contribution >= 0.6 is 0 Å². The molecule has 0 amide bonds. The Hall–Kier alpha value is -2.45. The number of hydrogen-bond acceptors (Lipinski definition) is 8. The van der Waals surface area contributed by atoms with Crippen LogP contribution in [-0.4, -0.2) is 55.7 Å². The third-order valence-corrected chi connectivity index (χ3v) is 4.73. The molecule has 0 N–H and O–H groups in total. The van der Waals surface area contributed by atoms with Crippen molar-refractivity contribution in [2.45, 2.75) is 44.4 Å². The van der Waals surface area contributed by atoms with Crippen molar-refractivity contribution in [3.63, 3.8) is 0 Å². The quantitative estimate of drug-likeness (QED) is 0.542. The van der Waals surface area contributed by atoms with Gasteiger partial charge in [0.05, 0.1) is 12.2 Å². The largest absolute Gasteiger partial charge is 0.462 e. The van der Waals surface area contributed by atoms with E-state index >= 15 is 0 Å². The van der Waals surface area contributed by atoms with E-state index in [4.69, 9.17) is 23.7 Å². The maximum atomic E-state index is 12.1.